The lowest BCUT2D eigenvalue weighted by molar-refractivity contribution is 0.0914. The highest BCUT2D eigenvalue weighted by molar-refractivity contribution is 5.93. The number of carbonyl (C=O) groups is 1. The molecule has 1 heterocycles. The van der Waals surface area contributed by atoms with Crippen LogP contribution in [0, 0.1) is 11.3 Å². The molecule has 0 saturated carbocycles. The molecule has 1 rings (SSSR count). The number of rotatable bonds is 5. The molecule has 0 saturated heterocycles. The zero-order valence-corrected chi connectivity index (χ0v) is 12.9. The van der Waals surface area contributed by atoms with Crippen molar-refractivity contribution in [3.8, 4) is 0 Å². The van der Waals surface area contributed by atoms with E-state index < -0.39 is 0 Å². The van der Waals surface area contributed by atoms with E-state index in [1.54, 1.807) is 6.07 Å². The van der Waals surface area contributed by atoms with Crippen LogP contribution in [0.15, 0.2) is 12.3 Å². The summed E-state index contributed by atoms with van der Waals surface area (Å²) in [4.78, 5) is 12.3. The zero-order valence-electron chi connectivity index (χ0n) is 12.9. The van der Waals surface area contributed by atoms with Crippen LogP contribution in [0.5, 0.6) is 0 Å². The molecule has 0 aliphatic rings. The van der Waals surface area contributed by atoms with Crippen molar-refractivity contribution >= 4 is 11.6 Å². The molecule has 1 aromatic heterocycles. The Hall–Kier alpha value is -1.45. The topological polar surface area (TPSA) is 60.0 Å². The Balaban J connectivity index is 2.79. The summed E-state index contributed by atoms with van der Waals surface area (Å²) in [5, 5.41) is 3.01. The summed E-state index contributed by atoms with van der Waals surface area (Å²) in [6.45, 7) is 13.4. The van der Waals surface area contributed by atoms with Gasteiger partial charge in [-0.2, -0.15) is 0 Å². The first kappa shape index (κ1) is 15.6. The van der Waals surface area contributed by atoms with Crippen molar-refractivity contribution in [1.29, 1.82) is 0 Å². The third-order valence-electron chi connectivity index (χ3n) is 3.93. The number of nitrogens with two attached hydrogens (primary N) is 1. The van der Waals surface area contributed by atoms with Gasteiger partial charge in [-0.05, 0) is 31.2 Å². The van der Waals surface area contributed by atoms with Gasteiger partial charge in [-0.15, -0.1) is 0 Å². The predicted octanol–water partition coefficient (Wildman–Crippen LogP) is 3.06. The summed E-state index contributed by atoms with van der Waals surface area (Å²) in [5.74, 6) is 0.453. The molecule has 0 aromatic carbocycles. The Bertz CT molecular complexity index is 444. The van der Waals surface area contributed by atoms with E-state index in [0.29, 0.717) is 23.8 Å². The summed E-state index contributed by atoms with van der Waals surface area (Å²) in [7, 11) is 0. The molecule has 3 N–H and O–H groups in total. The summed E-state index contributed by atoms with van der Waals surface area (Å²) in [5.41, 5.74) is 7.12. The minimum Gasteiger partial charge on any atom is -0.397 e. The number of hydrogen-bond donors (Lipinski definition) is 2. The second-order valence-corrected chi connectivity index (χ2v) is 6.49. The number of nitrogens with zero attached hydrogens (tertiary/aromatic N) is 1. The number of aromatic nitrogens is 1. The maximum Gasteiger partial charge on any atom is 0.268 e. The Kier molecular flexibility index (Phi) is 4.66. The Morgan fingerprint density at radius 3 is 2.42 bits per heavy atom. The highest BCUT2D eigenvalue weighted by atomic mass is 16.1. The molecule has 0 unspecified atom stereocenters. The fourth-order valence-corrected chi connectivity index (χ4v) is 1.71. The van der Waals surface area contributed by atoms with Gasteiger partial charge in [0.15, 0.2) is 0 Å². The van der Waals surface area contributed by atoms with Crippen LogP contribution < -0.4 is 11.1 Å². The number of amides is 1. The van der Waals surface area contributed by atoms with Crippen LogP contribution in [0.1, 0.15) is 58.1 Å². The monoisotopic (exact) mass is 265 g/mol. The highest BCUT2D eigenvalue weighted by Gasteiger charge is 2.24. The first-order valence-electron chi connectivity index (χ1n) is 6.90. The molecule has 1 amide bonds. The largest absolute Gasteiger partial charge is 0.397 e. The van der Waals surface area contributed by atoms with Crippen molar-refractivity contribution < 1.29 is 4.79 Å². The van der Waals surface area contributed by atoms with Gasteiger partial charge < -0.3 is 15.6 Å². The quantitative estimate of drug-likeness (QED) is 0.859. The van der Waals surface area contributed by atoms with E-state index in [1.807, 2.05) is 24.6 Å². The third-order valence-corrected chi connectivity index (χ3v) is 3.93. The molecular formula is C15H27N3O. The van der Waals surface area contributed by atoms with Gasteiger partial charge in [-0.25, -0.2) is 0 Å². The van der Waals surface area contributed by atoms with Crippen LogP contribution in [0.25, 0.3) is 0 Å². The Labute approximate surface area is 116 Å². The van der Waals surface area contributed by atoms with E-state index in [9.17, 15) is 4.79 Å². The first-order chi connectivity index (χ1) is 8.65. The predicted molar refractivity (Wildman–Crippen MR) is 80.2 cm³/mol. The maximum absolute atomic E-state index is 12.3. The fourth-order valence-electron chi connectivity index (χ4n) is 1.71. The molecule has 1 aromatic rings. The average Bonchev–Trinajstić information content (AvgIpc) is 2.68. The van der Waals surface area contributed by atoms with Crippen molar-refractivity contribution in [3.05, 3.63) is 18.0 Å². The van der Waals surface area contributed by atoms with Crippen LogP contribution in [0.3, 0.4) is 0 Å². The molecule has 0 aliphatic carbocycles. The number of nitrogens with one attached hydrogen (secondary N) is 1. The molecule has 0 spiro atoms. The summed E-state index contributed by atoms with van der Waals surface area (Å²) < 4.78 is 1.91. The minimum absolute atomic E-state index is 0.0564. The van der Waals surface area contributed by atoms with Gasteiger partial charge in [0.25, 0.3) is 5.91 Å². The third kappa shape index (κ3) is 3.75. The van der Waals surface area contributed by atoms with Crippen molar-refractivity contribution in [1.82, 2.24) is 9.88 Å². The molecule has 0 aliphatic heterocycles. The molecular weight excluding hydrogens is 238 g/mol. The summed E-state index contributed by atoms with van der Waals surface area (Å²) >= 11 is 0. The fraction of sp³-hybridized carbons (Fsp3) is 0.667. The van der Waals surface area contributed by atoms with Crippen molar-refractivity contribution in [2.75, 3.05) is 12.3 Å². The average molecular weight is 265 g/mol. The second-order valence-electron chi connectivity index (χ2n) is 6.49. The Morgan fingerprint density at radius 2 is 1.95 bits per heavy atom. The molecule has 0 fully saturated rings. The van der Waals surface area contributed by atoms with Gasteiger partial charge in [0, 0.05) is 18.8 Å². The molecule has 4 nitrogen and oxygen atoms in total. The van der Waals surface area contributed by atoms with Crippen molar-refractivity contribution in [3.63, 3.8) is 0 Å². The van der Waals surface area contributed by atoms with Gasteiger partial charge in [0.05, 0.1) is 5.69 Å². The van der Waals surface area contributed by atoms with Crippen molar-refractivity contribution in [2.45, 2.75) is 47.6 Å². The number of anilines is 1. The second kappa shape index (κ2) is 5.68. The van der Waals surface area contributed by atoms with E-state index in [1.165, 1.54) is 0 Å². The van der Waals surface area contributed by atoms with Crippen LogP contribution in [-0.2, 0) is 0 Å². The smallest absolute Gasteiger partial charge is 0.268 e. The normalized spacial score (nSPS) is 12.2. The molecule has 4 heteroatoms. The lowest BCUT2D eigenvalue weighted by Crippen LogP contribution is -2.37. The van der Waals surface area contributed by atoms with E-state index in [-0.39, 0.29) is 17.4 Å². The highest BCUT2D eigenvalue weighted by Crippen LogP contribution is 2.25. The van der Waals surface area contributed by atoms with E-state index >= 15 is 0 Å². The standard InChI is InChI=1S/C15H27N3O/c1-10(2)15(5,6)9-17-14(19)13-7-12(16)8-18(13)11(3)4/h7-8,10-11H,9,16H2,1-6H3,(H,17,19). The van der Waals surface area contributed by atoms with Crippen LogP contribution in [0.4, 0.5) is 5.69 Å². The van der Waals surface area contributed by atoms with Crippen LogP contribution >= 0.6 is 0 Å². The summed E-state index contributed by atoms with van der Waals surface area (Å²) in [6, 6.07) is 1.95. The van der Waals surface area contributed by atoms with Crippen LogP contribution in [-0.4, -0.2) is 17.0 Å². The van der Waals surface area contributed by atoms with Gasteiger partial charge in [0.2, 0.25) is 0 Å². The zero-order chi connectivity index (χ0) is 14.8. The van der Waals surface area contributed by atoms with Crippen molar-refractivity contribution in [2.24, 2.45) is 11.3 Å². The molecule has 19 heavy (non-hydrogen) atoms. The number of hydrogen-bond acceptors (Lipinski definition) is 2. The van der Waals surface area contributed by atoms with Crippen LogP contribution in [0.2, 0.25) is 0 Å². The van der Waals surface area contributed by atoms with Gasteiger partial charge in [-0.1, -0.05) is 27.7 Å². The lowest BCUT2D eigenvalue weighted by atomic mass is 9.81. The van der Waals surface area contributed by atoms with E-state index in [4.69, 9.17) is 5.73 Å². The lowest BCUT2D eigenvalue weighted by Gasteiger charge is -2.29. The number of nitrogen functional groups attached to an aromatic ring is 1. The molecule has 0 bridgehead atoms. The molecule has 0 atom stereocenters. The van der Waals surface area contributed by atoms with Gasteiger partial charge in [-0.3, -0.25) is 4.79 Å². The van der Waals surface area contributed by atoms with Gasteiger partial charge >= 0.3 is 0 Å². The maximum atomic E-state index is 12.3. The van der Waals surface area contributed by atoms with E-state index in [2.05, 4.69) is 33.0 Å². The first-order valence-corrected chi connectivity index (χ1v) is 6.90. The SMILES string of the molecule is CC(C)n1cc(N)cc1C(=O)NCC(C)(C)C(C)C. The minimum atomic E-state index is -0.0564. The number of carbonyl (C=O) groups excluding carboxylic acids is 1. The molecule has 0 radical (unpaired) electrons. The van der Waals surface area contributed by atoms with Gasteiger partial charge in [0.1, 0.15) is 5.69 Å². The molecule has 108 valence electrons. The summed E-state index contributed by atoms with van der Waals surface area (Å²) in [6.07, 6.45) is 1.81. The Morgan fingerprint density at radius 1 is 1.37 bits per heavy atom. The van der Waals surface area contributed by atoms with E-state index in [0.717, 1.165) is 0 Å².